The minimum absolute atomic E-state index is 0.715. The third-order valence-electron chi connectivity index (χ3n) is 3.17. The Kier molecular flexibility index (Phi) is 4.45. The van der Waals surface area contributed by atoms with Crippen molar-refractivity contribution < 1.29 is 0 Å². The van der Waals surface area contributed by atoms with Crippen molar-refractivity contribution in [2.75, 3.05) is 0 Å². The number of hydrogen-bond donors (Lipinski definition) is 2. The first-order valence-corrected chi connectivity index (χ1v) is 8.38. The fraction of sp³-hybridized carbons (Fsp3) is 0.231. The standard InChI is InChI=1S/C13H14BrIN6/c1-2-20-12(15)11(7-16-20)13-17-18-19-21(13)8-9-3-5-10(14)6-4-9/h3-7,18-19H,2,8H2,1H3. The smallest absolute Gasteiger partial charge is 0.177 e. The molecule has 0 amide bonds. The molecule has 6 nitrogen and oxygen atoms in total. The molecule has 8 heteroatoms. The molecule has 0 atom stereocenters. The van der Waals surface area contributed by atoms with Gasteiger partial charge in [0.15, 0.2) is 5.84 Å². The second-order valence-electron chi connectivity index (χ2n) is 4.54. The van der Waals surface area contributed by atoms with Gasteiger partial charge in [0.2, 0.25) is 0 Å². The van der Waals surface area contributed by atoms with Crippen molar-refractivity contribution >= 4 is 44.4 Å². The number of aromatic nitrogens is 2. The molecule has 0 aliphatic carbocycles. The maximum absolute atomic E-state index is 4.37. The van der Waals surface area contributed by atoms with E-state index >= 15 is 0 Å². The van der Waals surface area contributed by atoms with E-state index in [0.717, 1.165) is 26.1 Å². The Morgan fingerprint density at radius 3 is 2.71 bits per heavy atom. The zero-order chi connectivity index (χ0) is 14.8. The van der Waals surface area contributed by atoms with Crippen LogP contribution in [-0.2, 0) is 13.1 Å². The van der Waals surface area contributed by atoms with Crippen LogP contribution in [0.1, 0.15) is 18.1 Å². The molecule has 1 aliphatic heterocycles. The molecule has 3 rings (SSSR count). The maximum atomic E-state index is 4.37. The highest BCUT2D eigenvalue weighted by Crippen LogP contribution is 2.18. The summed E-state index contributed by atoms with van der Waals surface area (Å²) in [6.07, 6.45) is 1.85. The van der Waals surface area contributed by atoms with Crippen molar-refractivity contribution in [2.24, 2.45) is 5.10 Å². The molecule has 2 aromatic rings. The number of amidine groups is 1. The molecule has 110 valence electrons. The molecule has 0 fully saturated rings. The average molecular weight is 461 g/mol. The van der Waals surface area contributed by atoms with Gasteiger partial charge in [-0.3, -0.25) is 9.69 Å². The molecule has 0 radical (unpaired) electrons. The normalized spacial score (nSPS) is 14.2. The van der Waals surface area contributed by atoms with E-state index < -0.39 is 0 Å². The molecule has 1 aliphatic rings. The molecule has 0 saturated carbocycles. The van der Waals surface area contributed by atoms with Gasteiger partial charge < -0.3 is 0 Å². The van der Waals surface area contributed by atoms with Crippen molar-refractivity contribution in [1.82, 2.24) is 25.9 Å². The Morgan fingerprint density at radius 2 is 2.05 bits per heavy atom. The summed E-state index contributed by atoms with van der Waals surface area (Å²) in [5.74, 6) is 0.849. The molecule has 0 unspecified atom stereocenters. The van der Waals surface area contributed by atoms with Crippen LogP contribution in [0, 0.1) is 3.70 Å². The third-order valence-corrected chi connectivity index (χ3v) is 4.84. The van der Waals surface area contributed by atoms with E-state index in [1.165, 1.54) is 5.56 Å². The molecule has 0 spiro atoms. The minimum Gasteiger partial charge on any atom is -0.266 e. The largest absolute Gasteiger partial charge is 0.266 e. The van der Waals surface area contributed by atoms with Gasteiger partial charge in [-0.15, -0.1) is 10.6 Å². The van der Waals surface area contributed by atoms with Crippen LogP contribution in [0.4, 0.5) is 0 Å². The van der Waals surface area contributed by atoms with Gasteiger partial charge in [0.05, 0.1) is 18.3 Å². The number of rotatable bonds is 4. The van der Waals surface area contributed by atoms with E-state index in [-0.39, 0.29) is 0 Å². The van der Waals surface area contributed by atoms with Crippen LogP contribution >= 0.6 is 38.5 Å². The summed E-state index contributed by atoms with van der Waals surface area (Å²) in [5.41, 5.74) is 8.09. The van der Waals surface area contributed by atoms with E-state index in [1.54, 1.807) is 0 Å². The van der Waals surface area contributed by atoms with E-state index in [0.29, 0.717) is 6.54 Å². The summed E-state index contributed by atoms with van der Waals surface area (Å²) in [6.45, 7) is 3.64. The molecule has 0 bridgehead atoms. The van der Waals surface area contributed by atoms with E-state index in [4.69, 9.17) is 0 Å². The number of nitrogens with zero attached hydrogens (tertiary/aromatic N) is 4. The number of aryl methyl sites for hydroxylation is 1. The number of nitrogens with one attached hydrogen (secondary N) is 2. The van der Waals surface area contributed by atoms with Gasteiger partial charge in [-0.05, 0) is 47.2 Å². The second kappa shape index (κ2) is 6.32. The Labute approximate surface area is 144 Å². The van der Waals surface area contributed by atoms with Crippen LogP contribution in [0.3, 0.4) is 0 Å². The number of benzene rings is 1. The molecular weight excluding hydrogens is 447 g/mol. The Morgan fingerprint density at radius 1 is 1.29 bits per heavy atom. The lowest BCUT2D eigenvalue weighted by molar-refractivity contribution is 0.288. The van der Waals surface area contributed by atoms with Crippen LogP contribution in [0.25, 0.3) is 0 Å². The predicted molar refractivity (Wildman–Crippen MR) is 93.1 cm³/mol. The lowest BCUT2D eigenvalue weighted by atomic mass is 10.2. The first-order chi connectivity index (χ1) is 10.2. The highest BCUT2D eigenvalue weighted by Gasteiger charge is 2.23. The minimum atomic E-state index is 0.715. The lowest BCUT2D eigenvalue weighted by Crippen LogP contribution is -2.40. The summed E-state index contributed by atoms with van der Waals surface area (Å²) in [6, 6.07) is 8.24. The first kappa shape index (κ1) is 14.8. The Hall–Kier alpha value is -1.13. The number of halogens is 2. The SMILES string of the molecule is CCn1ncc(C2=NNNN2Cc2ccc(Br)cc2)c1I. The summed E-state index contributed by atoms with van der Waals surface area (Å²) in [7, 11) is 0. The van der Waals surface area contributed by atoms with Crippen molar-refractivity contribution in [3.63, 3.8) is 0 Å². The van der Waals surface area contributed by atoms with E-state index in [2.05, 4.69) is 78.8 Å². The van der Waals surface area contributed by atoms with Crippen LogP contribution in [0.5, 0.6) is 0 Å². The zero-order valence-electron chi connectivity index (χ0n) is 11.3. The summed E-state index contributed by atoms with van der Waals surface area (Å²) in [5, 5.41) is 10.7. The maximum Gasteiger partial charge on any atom is 0.177 e. The van der Waals surface area contributed by atoms with Gasteiger partial charge in [0.25, 0.3) is 0 Å². The van der Waals surface area contributed by atoms with Gasteiger partial charge in [0, 0.05) is 11.0 Å². The van der Waals surface area contributed by atoms with Crippen molar-refractivity contribution in [2.45, 2.75) is 20.0 Å². The van der Waals surface area contributed by atoms with Crippen LogP contribution < -0.4 is 11.1 Å². The van der Waals surface area contributed by atoms with Crippen LogP contribution in [0.15, 0.2) is 40.0 Å². The molecule has 0 saturated heterocycles. The molecule has 1 aromatic heterocycles. The lowest BCUT2D eigenvalue weighted by Gasteiger charge is -2.18. The van der Waals surface area contributed by atoms with Crippen molar-refractivity contribution in [3.8, 4) is 0 Å². The van der Waals surface area contributed by atoms with Gasteiger partial charge >= 0.3 is 0 Å². The molecular formula is C13H14BrIN6. The third kappa shape index (κ3) is 3.06. The molecule has 21 heavy (non-hydrogen) atoms. The van der Waals surface area contributed by atoms with Crippen molar-refractivity contribution in [1.29, 1.82) is 0 Å². The highest BCUT2D eigenvalue weighted by molar-refractivity contribution is 14.1. The highest BCUT2D eigenvalue weighted by atomic mass is 127. The predicted octanol–water partition coefficient (Wildman–Crippen LogP) is 2.46. The van der Waals surface area contributed by atoms with Crippen LogP contribution in [-0.4, -0.2) is 20.6 Å². The van der Waals surface area contributed by atoms with Crippen molar-refractivity contribution in [3.05, 3.63) is 49.8 Å². The molecule has 1 aromatic carbocycles. The Balaban J connectivity index is 1.82. The van der Waals surface area contributed by atoms with Gasteiger partial charge in [0.1, 0.15) is 3.70 Å². The second-order valence-corrected chi connectivity index (χ2v) is 6.47. The van der Waals surface area contributed by atoms with E-state index in [1.807, 2.05) is 28.0 Å². The van der Waals surface area contributed by atoms with E-state index in [9.17, 15) is 0 Å². The fourth-order valence-electron chi connectivity index (χ4n) is 2.08. The van der Waals surface area contributed by atoms with Gasteiger partial charge in [-0.25, -0.2) is 5.53 Å². The average Bonchev–Trinajstić information content (AvgIpc) is 3.07. The first-order valence-electron chi connectivity index (χ1n) is 6.51. The number of hydrogen-bond acceptors (Lipinski definition) is 5. The van der Waals surface area contributed by atoms with Gasteiger partial charge in [-0.1, -0.05) is 28.1 Å². The fourth-order valence-corrected chi connectivity index (χ4v) is 3.20. The zero-order valence-corrected chi connectivity index (χ0v) is 15.1. The summed E-state index contributed by atoms with van der Waals surface area (Å²) < 4.78 is 4.11. The van der Waals surface area contributed by atoms with Gasteiger partial charge in [-0.2, -0.15) is 5.10 Å². The molecule has 2 heterocycles. The van der Waals surface area contributed by atoms with Crippen LogP contribution in [0.2, 0.25) is 0 Å². The quantitative estimate of drug-likeness (QED) is 0.688. The summed E-state index contributed by atoms with van der Waals surface area (Å²) in [4.78, 5) is 0. The number of hydrazine groups is 2. The Bertz CT molecular complexity index is 666. The monoisotopic (exact) mass is 460 g/mol. The molecule has 2 N–H and O–H groups in total. The topological polar surface area (TPSA) is 57.5 Å². The number of hydrazone groups is 1. The summed E-state index contributed by atoms with van der Waals surface area (Å²) >= 11 is 5.75.